The van der Waals surface area contributed by atoms with E-state index >= 15 is 0 Å². The molecule has 1 aliphatic heterocycles. The molecular weight excluding hydrogens is 200 g/mol. The van der Waals surface area contributed by atoms with Gasteiger partial charge in [-0.25, -0.2) is 0 Å². The maximum Gasteiger partial charge on any atom is 0.118 e. The average Bonchev–Trinajstić information content (AvgIpc) is 2.89. The van der Waals surface area contributed by atoms with E-state index in [1.165, 1.54) is 25.8 Å². The van der Waals surface area contributed by atoms with Gasteiger partial charge in [-0.2, -0.15) is 0 Å². The molecule has 16 heavy (non-hydrogen) atoms. The van der Waals surface area contributed by atoms with Gasteiger partial charge in [-0.1, -0.05) is 6.92 Å². The summed E-state index contributed by atoms with van der Waals surface area (Å²) < 4.78 is 5.77. The Morgan fingerprint density at radius 2 is 2.25 bits per heavy atom. The van der Waals surface area contributed by atoms with Crippen molar-refractivity contribution in [2.45, 2.75) is 45.3 Å². The molecule has 1 aromatic rings. The van der Waals surface area contributed by atoms with Crippen LogP contribution >= 0.6 is 0 Å². The summed E-state index contributed by atoms with van der Waals surface area (Å²) in [4.78, 5) is 2.54. The summed E-state index contributed by atoms with van der Waals surface area (Å²) in [6.07, 6.45) is 3.94. The summed E-state index contributed by atoms with van der Waals surface area (Å²) in [5, 5.41) is 3.10. The van der Waals surface area contributed by atoms with Crippen molar-refractivity contribution in [3.63, 3.8) is 0 Å². The lowest BCUT2D eigenvalue weighted by molar-refractivity contribution is 0.219. The third-order valence-corrected chi connectivity index (χ3v) is 3.40. The molecule has 1 aromatic heterocycles. The average molecular weight is 222 g/mol. The first-order valence-electron chi connectivity index (χ1n) is 6.29. The van der Waals surface area contributed by atoms with Gasteiger partial charge in [0.25, 0.3) is 0 Å². The van der Waals surface area contributed by atoms with Crippen molar-refractivity contribution in [2.75, 3.05) is 13.6 Å². The maximum absolute atomic E-state index is 5.77. The van der Waals surface area contributed by atoms with Crippen molar-refractivity contribution >= 4 is 0 Å². The molecule has 3 heteroatoms. The lowest BCUT2D eigenvalue weighted by Crippen LogP contribution is -2.27. The minimum Gasteiger partial charge on any atom is -0.463 e. The molecule has 0 saturated carbocycles. The van der Waals surface area contributed by atoms with Crippen molar-refractivity contribution in [3.8, 4) is 0 Å². The highest BCUT2D eigenvalue weighted by atomic mass is 16.3. The Hall–Kier alpha value is -0.800. The van der Waals surface area contributed by atoms with E-state index in [0.29, 0.717) is 0 Å². The second-order valence-corrected chi connectivity index (χ2v) is 4.57. The number of likely N-dealkylation sites (tertiary alicyclic amines) is 1. The Kier molecular flexibility index (Phi) is 4.02. The molecule has 1 unspecified atom stereocenters. The molecule has 90 valence electrons. The van der Waals surface area contributed by atoms with Crippen molar-refractivity contribution < 1.29 is 4.42 Å². The standard InChI is InChI=1S/C13H22N2O/c1-3-11-5-4-8-15(11)10-13-7-6-12(16-13)9-14-2/h6-7,11,14H,3-5,8-10H2,1-2H3. The zero-order valence-corrected chi connectivity index (χ0v) is 10.3. The molecule has 2 rings (SSSR count). The lowest BCUT2D eigenvalue weighted by Gasteiger charge is -2.21. The van der Waals surface area contributed by atoms with Crippen LogP contribution in [0.25, 0.3) is 0 Å². The summed E-state index contributed by atoms with van der Waals surface area (Å²) in [5.41, 5.74) is 0. The van der Waals surface area contributed by atoms with Gasteiger partial charge in [0.2, 0.25) is 0 Å². The zero-order chi connectivity index (χ0) is 11.4. The van der Waals surface area contributed by atoms with Crippen LogP contribution in [0.4, 0.5) is 0 Å². The fraction of sp³-hybridized carbons (Fsp3) is 0.692. The second-order valence-electron chi connectivity index (χ2n) is 4.57. The first-order chi connectivity index (χ1) is 7.83. The summed E-state index contributed by atoms with van der Waals surface area (Å²) in [6, 6.07) is 4.94. The van der Waals surface area contributed by atoms with Crippen LogP contribution in [0.15, 0.2) is 16.5 Å². The van der Waals surface area contributed by atoms with Gasteiger partial charge in [0.15, 0.2) is 0 Å². The number of hydrogen-bond donors (Lipinski definition) is 1. The monoisotopic (exact) mass is 222 g/mol. The SMILES string of the molecule is CCC1CCCN1Cc1ccc(CNC)o1. The minimum absolute atomic E-state index is 0.762. The Labute approximate surface area is 97.8 Å². The summed E-state index contributed by atoms with van der Waals surface area (Å²) in [6.45, 7) is 5.29. The van der Waals surface area contributed by atoms with Crippen LogP contribution in [0.2, 0.25) is 0 Å². The minimum atomic E-state index is 0.762. The van der Waals surface area contributed by atoms with E-state index in [2.05, 4.69) is 29.3 Å². The van der Waals surface area contributed by atoms with Crippen LogP contribution < -0.4 is 5.32 Å². The molecule has 3 nitrogen and oxygen atoms in total. The molecule has 1 saturated heterocycles. The Balaban J connectivity index is 1.92. The second kappa shape index (κ2) is 5.51. The highest BCUT2D eigenvalue weighted by Gasteiger charge is 2.23. The molecule has 0 amide bonds. The van der Waals surface area contributed by atoms with Crippen molar-refractivity contribution in [1.82, 2.24) is 10.2 Å². The Morgan fingerprint density at radius 3 is 3.00 bits per heavy atom. The van der Waals surface area contributed by atoms with E-state index in [-0.39, 0.29) is 0 Å². The van der Waals surface area contributed by atoms with Crippen LogP contribution in [0.3, 0.4) is 0 Å². The van der Waals surface area contributed by atoms with E-state index in [1.807, 2.05) is 7.05 Å². The predicted molar refractivity (Wildman–Crippen MR) is 65.2 cm³/mol. The van der Waals surface area contributed by atoms with Gasteiger partial charge in [-0.15, -0.1) is 0 Å². The topological polar surface area (TPSA) is 28.4 Å². The van der Waals surface area contributed by atoms with Crippen LogP contribution in [-0.4, -0.2) is 24.5 Å². The van der Waals surface area contributed by atoms with E-state index in [0.717, 1.165) is 30.7 Å². The molecule has 0 aromatic carbocycles. The smallest absolute Gasteiger partial charge is 0.118 e. The molecule has 0 radical (unpaired) electrons. The number of rotatable bonds is 5. The molecule has 1 atom stereocenters. The lowest BCUT2D eigenvalue weighted by atomic mass is 10.2. The largest absolute Gasteiger partial charge is 0.463 e. The van der Waals surface area contributed by atoms with Crippen LogP contribution in [0.1, 0.15) is 37.7 Å². The summed E-state index contributed by atoms with van der Waals surface area (Å²) >= 11 is 0. The first kappa shape index (κ1) is 11.7. The fourth-order valence-corrected chi connectivity index (χ4v) is 2.54. The van der Waals surface area contributed by atoms with E-state index in [4.69, 9.17) is 4.42 Å². The van der Waals surface area contributed by atoms with Gasteiger partial charge in [-0.3, -0.25) is 4.90 Å². The van der Waals surface area contributed by atoms with Gasteiger partial charge < -0.3 is 9.73 Å². The quantitative estimate of drug-likeness (QED) is 0.829. The van der Waals surface area contributed by atoms with Crippen LogP contribution in [0.5, 0.6) is 0 Å². The van der Waals surface area contributed by atoms with Crippen LogP contribution in [-0.2, 0) is 13.1 Å². The number of nitrogens with one attached hydrogen (secondary N) is 1. The van der Waals surface area contributed by atoms with Gasteiger partial charge in [0.1, 0.15) is 11.5 Å². The predicted octanol–water partition coefficient (Wildman–Crippen LogP) is 2.37. The van der Waals surface area contributed by atoms with Gasteiger partial charge in [0.05, 0.1) is 13.1 Å². The third-order valence-electron chi connectivity index (χ3n) is 3.40. The van der Waals surface area contributed by atoms with Crippen molar-refractivity contribution in [1.29, 1.82) is 0 Å². The molecule has 0 aliphatic carbocycles. The molecular formula is C13H22N2O. The number of nitrogens with zero attached hydrogens (tertiary/aromatic N) is 1. The van der Waals surface area contributed by atoms with Crippen LogP contribution in [0, 0.1) is 0 Å². The summed E-state index contributed by atoms with van der Waals surface area (Å²) in [5.74, 6) is 2.13. The maximum atomic E-state index is 5.77. The fourth-order valence-electron chi connectivity index (χ4n) is 2.54. The molecule has 0 bridgehead atoms. The Morgan fingerprint density at radius 1 is 1.44 bits per heavy atom. The molecule has 0 spiro atoms. The first-order valence-corrected chi connectivity index (χ1v) is 6.29. The molecule has 1 N–H and O–H groups in total. The molecule has 1 aliphatic rings. The normalized spacial score (nSPS) is 21.8. The van der Waals surface area contributed by atoms with E-state index in [9.17, 15) is 0 Å². The zero-order valence-electron chi connectivity index (χ0n) is 10.3. The highest BCUT2D eigenvalue weighted by Crippen LogP contribution is 2.22. The van der Waals surface area contributed by atoms with Crippen molar-refractivity contribution in [2.24, 2.45) is 0 Å². The number of hydrogen-bond acceptors (Lipinski definition) is 3. The van der Waals surface area contributed by atoms with E-state index < -0.39 is 0 Å². The molecule has 1 fully saturated rings. The van der Waals surface area contributed by atoms with Gasteiger partial charge in [0, 0.05) is 6.04 Å². The highest BCUT2D eigenvalue weighted by molar-refractivity contribution is 5.07. The third kappa shape index (κ3) is 2.66. The number of furan rings is 1. The van der Waals surface area contributed by atoms with Crippen molar-refractivity contribution in [3.05, 3.63) is 23.7 Å². The van der Waals surface area contributed by atoms with Gasteiger partial charge in [-0.05, 0) is 45.0 Å². The van der Waals surface area contributed by atoms with E-state index in [1.54, 1.807) is 0 Å². The molecule has 2 heterocycles. The summed E-state index contributed by atoms with van der Waals surface area (Å²) in [7, 11) is 1.94. The Bertz CT molecular complexity index is 321. The van der Waals surface area contributed by atoms with Gasteiger partial charge >= 0.3 is 0 Å².